The molecule has 9 nitrogen and oxygen atoms in total. The molecule has 4 aromatic rings. The molecule has 172 valence electrons. The van der Waals surface area contributed by atoms with Crippen LogP contribution >= 0.6 is 15.9 Å². The molecule has 0 saturated heterocycles. The number of aliphatic hydroxyl groups excluding tert-OH is 1. The topological polar surface area (TPSA) is 114 Å². The Bertz CT molecular complexity index is 1410. The molecule has 0 atom stereocenters. The van der Waals surface area contributed by atoms with Crippen LogP contribution < -0.4 is 10.8 Å². The molecular weight excluding hydrogens is 498 g/mol. The van der Waals surface area contributed by atoms with Gasteiger partial charge in [-0.05, 0) is 52.7 Å². The number of aromatic nitrogens is 4. The fourth-order valence-corrected chi connectivity index (χ4v) is 4.33. The minimum absolute atomic E-state index is 0.0241. The van der Waals surface area contributed by atoms with E-state index in [1.165, 1.54) is 0 Å². The van der Waals surface area contributed by atoms with E-state index >= 15 is 0 Å². The lowest BCUT2D eigenvalue weighted by atomic mass is 9.99. The number of hydrogen-bond donors (Lipinski definition) is 3. The van der Waals surface area contributed by atoms with Crippen molar-refractivity contribution >= 4 is 21.7 Å². The second-order valence-electron chi connectivity index (χ2n) is 7.99. The fraction of sp³-hybridized carbons (Fsp3) is 0.167. The average Bonchev–Trinajstić information content (AvgIpc) is 3.17. The van der Waals surface area contributed by atoms with E-state index in [0.717, 1.165) is 32.2 Å². The quantitative estimate of drug-likeness (QED) is 0.368. The predicted octanol–water partition coefficient (Wildman–Crippen LogP) is 3.63. The van der Waals surface area contributed by atoms with Gasteiger partial charge >= 0.3 is 0 Å². The number of pyridine rings is 2. The number of nitrogens with one attached hydrogen (secondary N) is 1. The second-order valence-corrected chi connectivity index (χ2v) is 8.90. The van der Waals surface area contributed by atoms with Gasteiger partial charge in [-0.1, -0.05) is 30.3 Å². The SMILES string of the molecule is Cc1cc(-c2c(-c3ccccc3)nc(=N)n3c2N(O)N(Cc2ccc(Br)cn2)C3)cc(CO)n1. The lowest BCUT2D eigenvalue weighted by Crippen LogP contribution is -2.34. The third-order valence-electron chi connectivity index (χ3n) is 5.59. The number of rotatable bonds is 5. The third-order valence-corrected chi connectivity index (χ3v) is 6.06. The van der Waals surface area contributed by atoms with E-state index < -0.39 is 0 Å². The highest BCUT2D eigenvalue weighted by Crippen LogP contribution is 2.40. The zero-order valence-corrected chi connectivity index (χ0v) is 19.9. The summed E-state index contributed by atoms with van der Waals surface area (Å²) in [6.07, 6.45) is 1.71. The molecule has 1 aromatic carbocycles. The summed E-state index contributed by atoms with van der Waals surface area (Å²) in [5.74, 6) is 0.422. The minimum atomic E-state index is -0.209. The number of aryl methyl sites for hydroxylation is 1. The predicted molar refractivity (Wildman–Crippen MR) is 129 cm³/mol. The summed E-state index contributed by atoms with van der Waals surface area (Å²) >= 11 is 3.39. The first-order valence-electron chi connectivity index (χ1n) is 10.6. The Hall–Kier alpha value is -3.44. The summed E-state index contributed by atoms with van der Waals surface area (Å²) in [7, 11) is 0. The van der Waals surface area contributed by atoms with Crippen molar-refractivity contribution in [2.75, 3.05) is 5.17 Å². The molecule has 0 spiro atoms. The van der Waals surface area contributed by atoms with Crippen molar-refractivity contribution in [1.82, 2.24) is 24.5 Å². The van der Waals surface area contributed by atoms with Gasteiger partial charge in [0, 0.05) is 21.9 Å². The van der Waals surface area contributed by atoms with Gasteiger partial charge in [-0.2, -0.15) is 10.2 Å². The standard InChI is InChI=1S/C24H22BrN7O2/c1-15-9-17(10-20(13-33)28-15)21-22(16-5-3-2-4-6-16)29-24(26)31-14-30(32(34)23(21)31)12-19-8-7-18(25)11-27-19/h2-11,26,33-34H,12-14H2,1H3. The molecule has 0 unspecified atom stereocenters. The first-order chi connectivity index (χ1) is 16.4. The molecule has 5 rings (SSSR count). The Kier molecular flexibility index (Phi) is 5.96. The van der Waals surface area contributed by atoms with Gasteiger partial charge in [0.25, 0.3) is 0 Å². The smallest absolute Gasteiger partial charge is 0.225 e. The van der Waals surface area contributed by atoms with Crippen molar-refractivity contribution in [3.63, 3.8) is 0 Å². The van der Waals surface area contributed by atoms with Gasteiger partial charge < -0.3 is 5.11 Å². The van der Waals surface area contributed by atoms with Crippen LogP contribution in [0.25, 0.3) is 22.4 Å². The van der Waals surface area contributed by atoms with Gasteiger partial charge in [-0.15, -0.1) is 0 Å². The van der Waals surface area contributed by atoms with Crippen LogP contribution in [-0.2, 0) is 19.8 Å². The molecule has 3 aromatic heterocycles. The highest BCUT2D eigenvalue weighted by molar-refractivity contribution is 9.10. The Balaban J connectivity index is 1.69. The molecule has 0 saturated carbocycles. The van der Waals surface area contributed by atoms with E-state index in [9.17, 15) is 10.3 Å². The van der Waals surface area contributed by atoms with Gasteiger partial charge in [0.2, 0.25) is 5.62 Å². The van der Waals surface area contributed by atoms with Gasteiger partial charge in [0.05, 0.1) is 35.8 Å². The highest BCUT2D eigenvalue weighted by Gasteiger charge is 2.33. The zero-order chi connectivity index (χ0) is 23.8. The largest absolute Gasteiger partial charge is 0.390 e. The van der Waals surface area contributed by atoms with Gasteiger partial charge in [0.1, 0.15) is 6.67 Å². The number of nitrogens with zero attached hydrogens (tertiary/aromatic N) is 6. The van der Waals surface area contributed by atoms with E-state index in [0.29, 0.717) is 29.3 Å². The second kappa shape index (κ2) is 9.07. The summed E-state index contributed by atoms with van der Waals surface area (Å²) < 4.78 is 2.52. The van der Waals surface area contributed by atoms with Gasteiger partial charge in [-0.3, -0.25) is 25.2 Å². The number of hydrogen-bond acceptors (Lipinski definition) is 8. The van der Waals surface area contributed by atoms with E-state index in [1.54, 1.807) is 21.8 Å². The molecule has 10 heteroatoms. The highest BCUT2D eigenvalue weighted by atomic mass is 79.9. The molecule has 0 bridgehead atoms. The monoisotopic (exact) mass is 519 g/mol. The molecule has 1 aliphatic heterocycles. The van der Waals surface area contributed by atoms with Crippen molar-refractivity contribution < 1.29 is 10.3 Å². The minimum Gasteiger partial charge on any atom is -0.390 e. The fourth-order valence-electron chi connectivity index (χ4n) is 4.10. The van der Waals surface area contributed by atoms with Crippen LogP contribution in [-0.4, -0.2) is 34.8 Å². The molecule has 0 fully saturated rings. The van der Waals surface area contributed by atoms with Crippen LogP contribution in [0.5, 0.6) is 0 Å². The third kappa shape index (κ3) is 4.12. The van der Waals surface area contributed by atoms with Crippen molar-refractivity contribution in [3.05, 3.63) is 88.0 Å². The Labute approximate surface area is 204 Å². The zero-order valence-electron chi connectivity index (χ0n) is 18.4. The summed E-state index contributed by atoms with van der Waals surface area (Å²) in [6.45, 7) is 2.21. The number of aliphatic hydroxyl groups is 1. The number of hydrazine groups is 1. The summed E-state index contributed by atoms with van der Waals surface area (Å²) in [5.41, 5.74) is 4.81. The first kappa shape index (κ1) is 22.4. The summed E-state index contributed by atoms with van der Waals surface area (Å²) in [5, 5.41) is 32.4. The van der Waals surface area contributed by atoms with Crippen LogP contribution in [0, 0.1) is 12.3 Å². The van der Waals surface area contributed by atoms with E-state index in [-0.39, 0.29) is 18.9 Å². The number of benzene rings is 1. The molecule has 0 aliphatic carbocycles. The maximum absolute atomic E-state index is 11.3. The number of halogens is 1. The Morgan fingerprint density at radius 1 is 1.03 bits per heavy atom. The van der Waals surface area contributed by atoms with Gasteiger partial charge in [0.15, 0.2) is 5.82 Å². The summed E-state index contributed by atoms with van der Waals surface area (Å²) in [4.78, 5) is 13.4. The molecule has 0 amide bonds. The van der Waals surface area contributed by atoms with E-state index in [2.05, 4.69) is 30.9 Å². The van der Waals surface area contributed by atoms with Crippen LogP contribution in [0.1, 0.15) is 17.1 Å². The lowest BCUT2D eigenvalue weighted by Gasteiger charge is -2.23. The lowest BCUT2D eigenvalue weighted by molar-refractivity contribution is 0.0614. The molecule has 1 aliphatic rings. The van der Waals surface area contributed by atoms with E-state index in [1.807, 2.05) is 55.5 Å². The van der Waals surface area contributed by atoms with Crippen LogP contribution in [0.15, 0.2) is 65.3 Å². The van der Waals surface area contributed by atoms with Crippen molar-refractivity contribution in [1.29, 1.82) is 5.41 Å². The molecule has 4 heterocycles. The molecular formula is C24H22BrN7O2. The van der Waals surface area contributed by atoms with Crippen LogP contribution in [0.4, 0.5) is 5.82 Å². The molecule has 0 radical (unpaired) electrons. The van der Waals surface area contributed by atoms with E-state index in [4.69, 9.17) is 5.41 Å². The number of fused-ring (bicyclic) bond motifs is 1. The maximum atomic E-state index is 11.3. The normalized spacial score (nSPS) is 13.4. The van der Waals surface area contributed by atoms with Crippen molar-refractivity contribution in [2.45, 2.75) is 26.7 Å². The van der Waals surface area contributed by atoms with Crippen molar-refractivity contribution in [3.8, 4) is 22.4 Å². The summed E-state index contributed by atoms with van der Waals surface area (Å²) in [6, 6.07) is 17.0. The number of anilines is 1. The maximum Gasteiger partial charge on any atom is 0.225 e. The van der Waals surface area contributed by atoms with Crippen molar-refractivity contribution in [2.24, 2.45) is 0 Å². The average molecular weight is 520 g/mol. The van der Waals surface area contributed by atoms with Crippen LogP contribution in [0.2, 0.25) is 0 Å². The molecule has 34 heavy (non-hydrogen) atoms. The Morgan fingerprint density at radius 2 is 1.82 bits per heavy atom. The Morgan fingerprint density at radius 3 is 2.53 bits per heavy atom. The van der Waals surface area contributed by atoms with Crippen LogP contribution in [0.3, 0.4) is 0 Å². The first-order valence-corrected chi connectivity index (χ1v) is 11.4. The van der Waals surface area contributed by atoms with Gasteiger partial charge in [-0.25, -0.2) is 4.98 Å². The molecule has 3 N–H and O–H groups in total.